The van der Waals surface area contributed by atoms with E-state index < -0.39 is 12.0 Å². The van der Waals surface area contributed by atoms with Gasteiger partial charge in [-0.3, -0.25) is 0 Å². The van der Waals surface area contributed by atoms with Crippen molar-refractivity contribution in [2.24, 2.45) is 0 Å². The summed E-state index contributed by atoms with van der Waals surface area (Å²) in [5.41, 5.74) is 3.78. The van der Waals surface area contributed by atoms with Crippen molar-refractivity contribution in [1.29, 1.82) is 0 Å². The number of halogens is 2. The zero-order chi connectivity index (χ0) is 22.9. The molecule has 1 fully saturated rings. The summed E-state index contributed by atoms with van der Waals surface area (Å²) < 4.78 is 5.44. The topological polar surface area (TPSA) is 104 Å². The smallest absolute Gasteiger partial charge is 0.233 e. The minimum Gasteiger partial charge on any atom is -0.492 e. The maximum absolute atomic E-state index is 10.9. The Morgan fingerprint density at radius 3 is 2.55 bits per heavy atom. The molecule has 4 aromatic rings. The fraction of sp³-hybridized carbons (Fsp3) is 0.217. The number of anilines is 1. The van der Waals surface area contributed by atoms with Gasteiger partial charge in [0.05, 0.1) is 30.1 Å². The van der Waals surface area contributed by atoms with E-state index in [2.05, 4.69) is 30.9 Å². The highest BCUT2D eigenvalue weighted by atomic mass is 35.5. The molecule has 33 heavy (non-hydrogen) atoms. The maximum Gasteiger partial charge on any atom is 0.233 e. The van der Waals surface area contributed by atoms with Crippen molar-refractivity contribution in [2.45, 2.75) is 6.10 Å². The number of aliphatic hydroxyl groups excluding tert-OH is 1. The Kier molecular flexibility index (Phi) is 5.99. The molecule has 0 radical (unpaired) electrons. The van der Waals surface area contributed by atoms with Crippen LogP contribution in [0.5, 0.6) is 5.88 Å². The second kappa shape index (κ2) is 9.07. The highest BCUT2D eigenvalue weighted by Crippen LogP contribution is 2.37. The van der Waals surface area contributed by atoms with Gasteiger partial charge in [-0.1, -0.05) is 29.3 Å². The zero-order valence-electron chi connectivity index (χ0n) is 17.3. The first-order valence-corrected chi connectivity index (χ1v) is 11.0. The van der Waals surface area contributed by atoms with E-state index in [-0.39, 0.29) is 10.7 Å². The van der Waals surface area contributed by atoms with Gasteiger partial charge in [0.1, 0.15) is 23.8 Å². The van der Waals surface area contributed by atoms with Crippen LogP contribution in [-0.4, -0.2) is 56.5 Å². The van der Waals surface area contributed by atoms with Gasteiger partial charge in [0.15, 0.2) is 0 Å². The molecular weight excluding hydrogens is 465 g/mol. The van der Waals surface area contributed by atoms with Crippen molar-refractivity contribution in [3.8, 4) is 17.1 Å². The van der Waals surface area contributed by atoms with Gasteiger partial charge in [0, 0.05) is 40.3 Å². The van der Waals surface area contributed by atoms with Crippen molar-refractivity contribution in [3.63, 3.8) is 0 Å². The van der Waals surface area contributed by atoms with Gasteiger partial charge in [-0.05, 0) is 30.3 Å². The summed E-state index contributed by atoms with van der Waals surface area (Å²) >= 11 is 12.5. The summed E-state index contributed by atoms with van der Waals surface area (Å²) in [6.07, 6.45) is 1.38. The third-order valence-corrected chi connectivity index (χ3v) is 6.32. The molecule has 1 atom stereocenters. The molecule has 168 valence electrons. The van der Waals surface area contributed by atoms with Crippen molar-refractivity contribution < 1.29 is 14.9 Å². The van der Waals surface area contributed by atoms with E-state index in [0.29, 0.717) is 29.5 Å². The van der Waals surface area contributed by atoms with Gasteiger partial charge in [-0.25, -0.2) is 19.9 Å². The molecule has 1 aliphatic rings. The zero-order valence-corrected chi connectivity index (χ0v) is 18.8. The number of rotatable bonds is 4. The molecule has 2 N–H and O–H groups in total. The van der Waals surface area contributed by atoms with Crippen LogP contribution in [0.15, 0.2) is 49.1 Å². The average Bonchev–Trinajstić information content (AvgIpc) is 2.85. The number of aliphatic hydroxyl groups is 1. The predicted molar refractivity (Wildman–Crippen MR) is 126 cm³/mol. The molecule has 0 bridgehead atoms. The summed E-state index contributed by atoms with van der Waals surface area (Å²) in [7, 11) is 0. The van der Waals surface area contributed by atoms with Crippen LogP contribution in [0.4, 0.5) is 5.69 Å². The molecule has 0 saturated carbocycles. The van der Waals surface area contributed by atoms with Crippen LogP contribution in [-0.2, 0) is 4.74 Å². The maximum atomic E-state index is 10.9. The van der Waals surface area contributed by atoms with Crippen molar-refractivity contribution in [2.75, 3.05) is 31.2 Å². The molecule has 1 unspecified atom stereocenters. The van der Waals surface area contributed by atoms with E-state index >= 15 is 0 Å². The molecule has 0 aliphatic carbocycles. The van der Waals surface area contributed by atoms with E-state index in [1.807, 2.05) is 18.2 Å². The normalized spacial score (nSPS) is 15.1. The molecule has 8 nitrogen and oxygen atoms in total. The van der Waals surface area contributed by atoms with E-state index in [1.165, 1.54) is 6.33 Å². The number of nitrogens with zero attached hydrogens (tertiary/aromatic N) is 5. The monoisotopic (exact) mass is 483 g/mol. The molecule has 10 heteroatoms. The molecule has 1 saturated heterocycles. The Morgan fingerprint density at radius 2 is 1.73 bits per heavy atom. The summed E-state index contributed by atoms with van der Waals surface area (Å²) in [6, 6.07) is 11.3. The number of aromatic hydroxyl groups is 1. The minimum absolute atomic E-state index is 0.0610. The Bertz CT molecular complexity index is 1330. The van der Waals surface area contributed by atoms with Crippen molar-refractivity contribution in [3.05, 3.63) is 70.4 Å². The highest BCUT2D eigenvalue weighted by Gasteiger charge is 2.22. The molecule has 0 spiro atoms. The number of ether oxygens (including phenoxy) is 1. The molecule has 1 aliphatic heterocycles. The van der Waals surface area contributed by atoms with Gasteiger partial charge in [0.2, 0.25) is 5.88 Å². The van der Waals surface area contributed by atoms with Crippen LogP contribution >= 0.6 is 23.2 Å². The number of hydrogen-bond donors (Lipinski definition) is 2. The summed E-state index contributed by atoms with van der Waals surface area (Å²) in [6.45, 7) is 3.08. The first-order valence-electron chi connectivity index (χ1n) is 10.3. The number of aromatic nitrogens is 4. The predicted octanol–water partition coefficient (Wildman–Crippen LogP) is 4.02. The van der Waals surface area contributed by atoms with Gasteiger partial charge < -0.3 is 19.8 Å². The first kappa shape index (κ1) is 21.8. The summed E-state index contributed by atoms with van der Waals surface area (Å²) in [4.78, 5) is 18.9. The third kappa shape index (κ3) is 4.18. The van der Waals surface area contributed by atoms with Crippen LogP contribution in [0.3, 0.4) is 0 Å². The molecule has 0 amide bonds. The van der Waals surface area contributed by atoms with Crippen LogP contribution in [0, 0.1) is 0 Å². The Morgan fingerprint density at radius 1 is 0.939 bits per heavy atom. The number of fused-ring (bicyclic) bond motifs is 1. The summed E-state index contributed by atoms with van der Waals surface area (Å²) in [5, 5.41) is 21.8. The standard InChI is InChI=1S/C23H19Cl2N5O3/c24-17-4-1-13(9-16(17)22(31)21-19(25)23(32)29-12-28-21)20-15-3-2-14(10-18(15)26-11-27-20)30-5-7-33-8-6-30/h1-4,9-12,22,31H,5-8H2,(H,28,29,32). The van der Waals surface area contributed by atoms with Crippen molar-refractivity contribution >= 4 is 39.8 Å². The fourth-order valence-corrected chi connectivity index (χ4v) is 4.33. The van der Waals surface area contributed by atoms with E-state index in [9.17, 15) is 10.2 Å². The second-order valence-electron chi connectivity index (χ2n) is 7.56. The fourth-order valence-electron chi connectivity index (χ4n) is 3.91. The van der Waals surface area contributed by atoms with Gasteiger partial charge >= 0.3 is 0 Å². The minimum atomic E-state index is -1.26. The lowest BCUT2D eigenvalue weighted by molar-refractivity contribution is 0.122. The molecule has 5 rings (SSSR count). The number of morpholine rings is 1. The lowest BCUT2D eigenvalue weighted by Gasteiger charge is -2.29. The molecule has 2 aromatic carbocycles. The van der Waals surface area contributed by atoms with Crippen LogP contribution in [0.1, 0.15) is 17.4 Å². The first-order chi connectivity index (χ1) is 16.0. The SMILES string of the molecule is Oc1ncnc(C(O)c2cc(-c3ncnc4cc(N5CCOCC5)ccc34)ccc2Cl)c1Cl. The molecule has 2 aromatic heterocycles. The largest absolute Gasteiger partial charge is 0.492 e. The summed E-state index contributed by atoms with van der Waals surface area (Å²) in [5.74, 6) is -0.411. The van der Waals surface area contributed by atoms with Crippen molar-refractivity contribution in [1.82, 2.24) is 19.9 Å². The van der Waals surface area contributed by atoms with E-state index in [1.54, 1.807) is 12.1 Å². The van der Waals surface area contributed by atoms with Crippen LogP contribution in [0.2, 0.25) is 10.0 Å². The highest BCUT2D eigenvalue weighted by molar-refractivity contribution is 6.33. The lowest BCUT2D eigenvalue weighted by Crippen LogP contribution is -2.36. The average molecular weight is 484 g/mol. The van der Waals surface area contributed by atoms with Gasteiger partial charge in [-0.15, -0.1) is 0 Å². The third-order valence-electron chi connectivity index (χ3n) is 5.62. The Hall–Kier alpha value is -3.04. The Labute approximate surface area is 199 Å². The van der Waals surface area contributed by atoms with E-state index in [4.69, 9.17) is 27.9 Å². The number of benzene rings is 2. The quantitative estimate of drug-likeness (QED) is 0.448. The molecule has 3 heterocycles. The van der Waals surface area contributed by atoms with Gasteiger partial charge in [0.25, 0.3) is 0 Å². The van der Waals surface area contributed by atoms with E-state index in [0.717, 1.165) is 41.6 Å². The van der Waals surface area contributed by atoms with Crippen LogP contribution < -0.4 is 4.90 Å². The lowest BCUT2D eigenvalue weighted by atomic mass is 9.99. The number of hydrogen-bond acceptors (Lipinski definition) is 8. The van der Waals surface area contributed by atoms with Crippen LogP contribution in [0.25, 0.3) is 22.2 Å². The molecular formula is C23H19Cl2N5O3. The van der Waals surface area contributed by atoms with Gasteiger partial charge in [-0.2, -0.15) is 0 Å². The second-order valence-corrected chi connectivity index (χ2v) is 8.34. The Balaban J connectivity index is 1.55.